The first-order chi connectivity index (χ1) is 12.6. The molecule has 1 N–H and O–H groups in total. The van der Waals surface area contributed by atoms with E-state index in [4.69, 9.17) is 4.74 Å². The third-order valence-electron chi connectivity index (χ3n) is 4.39. The van der Waals surface area contributed by atoms with Crippen molar-refractivity contribution in [2.75, 3.05) is 19.7 Å². The summed E-state index contributed by atoms with van der Waals surface area (Å²) in [5.41, 5.74) is 1.51. The van der Waals surface area contributed by atoms with E-state index >= 15 is 0 Å². The molecule has 1 aliphatic carbocycles. The van der Waals surface area contributed by atoms with Gasteiger partial charge in [0.25, 0.3) is 0 Å². The van der Waals surface area contributed by atoms with Crippen LogP contribution in [0.2, 0.25) is 0 Å². The molecule has 0 radical (unpaired) electrons. The fraction of sp³-hybridized carbons (Fsp3) is 0.200. The molecule has 1 saturated heterocycles. The molecular weight excluding hydrogens is 461 g/mol. The number of rotatable bonds is 3. The molecule has 0 saturated carbocycles. The monoisotopic (exact) mass is 477 g/mol. The van der Waals surface area contributed by atoms with E-state index in [1.165, 1.54) is 0 Å². The Morgan fingerprint density at radius 2 is 1.69 bits per heavy atom. The Bertz CT molecular complexity index is 902. The second-order valence-corrected chi connectivity index (χ2v) is 9.26. The summed E-state index contributed by atoms with van der Waals surface area (Å²) in [5.74, 6) is -0.129. The summed E-state index contributed by atoms with van der Waals surface area (Å²) in [6.07, 6.45) is -0.374. The van der Waals surface area contributed by atoms with Gasteiger partial charge in [0.15, 0.2) is 0 Å². The van der Waals surface area contributed by atoms with Crippen molar-refractivity contribution < 1.29 is 14.3 Å². The van der Waals surface area contributed by atoms with Crippen molar-refractivity contribution in [1.29, 1.82) is 0 Å². The number of hydrogen-bond donors (Lipinski definition) is 1. The third-order valence-corrected chi connectivity index (χ3v) is 7.27. The summed E-state index contributed by atoms with van der Waals surface area (Å²) in [7, 11) is 0. The molecule has 0 aromatic heterocycles. The molecule has 0 bridgehead atoms. The number of hydrogen-bond acceptors (Lipinski definition) is 4. The topological polar surface area (TPSA) is 55.4 Å². The molecule has 0 spiro atoms. The summed E-state index contributed by atoms with van der Waals surface area (Å²) in [6, 6.07) is 15.0. The zero-order valence-corrected chi connectivity index (χ0v) is 17.1. The molecule has 2 aromatic rings. The first kappa shape index (κ1) is 17.8. The van der Waals surface area contributed by atoms with Gasteiger partial charge in [-0.2, -0.15) is 0 Å². The number of allylic oxidation sites excluding steroid dienone is 1. The van der Waals surface area contributed by atoms with Crippen LogP contribution in [0.4, 0.5) is 0 Å². The van der Waals surface area contributed by atoms with E-state index in [1.54, 1.807) is 24.3 Å². The summed E-state index contributed by atoms with van der Waals surface area (Å²) >= 11 is 3.17. The van der Waals surface area contributed by atoms with Crippen molar-refractivity contribution >= 4 is 46.9 Å². The van der Waals surface area contributed by atoms with Gasteiger partial charge in [-0.05, 0) is 0 Å². The van der Waals surface area contributed by atoms with Crippen LogP contribution in [0.5, 0.6) is 0 Å². The number of carbonyl (C=O) groups is 2. The molecule has 6 heteroatoms. The molecule has 132 valence electrons. The molecule has 26 heavy (non-hydrogen) atoms. The molecule has 4 rings (SSSR count). The SMILES string of the molecule is O=C1C([Se]c2ccc(Br)cc2)=C(C2CNCCO2)C(=O)c2ccccc21. The van der Waals surface area contributed by atoms with Crippen LogP contribution in [-0.2, 0) is 4.74 Å². The van der Waals surface area contributed by atoms with Crippen molar-refractivity contribution in [2.24, 2.45) is 0 Å². The molecule has 1 fully saturated rings. The van der Waals surface area contributed by atoms with Crippen molar-refractivity contribution in [2.45, 2.75) is 6.10 Å². The first-order valence-corrected chi connectivity index (χ1v) is 10.8. The van der Waals surface area contributed by atoms with Gasteiger partial charge in [0, 0.05) is 0 Å². The van der Waals surface area contributed by atoms with Crippen LogP contribution in [-0.4, -0.2) is 52.3 Å². The molecule has 4 nitrogen and oxygen atoms in total. The van der Waals surface area contributed by atoms with E-state index in [0.29, 0.717) is 34.3 Å². The van der Waals surface area contributed by atoms with Gasteiger partial charge in [0.05, 0.1) is 0 Å². The van der Waals surface area contributed by atoms with Crippen LogP contribution < -0.4 is 9.78 Å². The standard InChI is InChI=1S/C20H16BrNO3Se/c21-12-5-7-13(8-6-12)26-20-17(16-11-22-9-10-25-16)18(23)14-3-1-2-4-15(14)19(20)24/h1-8,16,22H,9-11H2. The van der Waals surface area contributed by atoms with Crippen molar-refractivity contribution in [1.82, 2.24) is 5.32 Å². The zero-order valence-electron chi connectivity index (χ0n) is 13.8. The van der Waals surface area contributed by atoms with Gasteiger partial charge >= 0.3 is 167 Å². The number of Topliss-reactive ketones (excluding diaryl/α,β-unsaturated/α-hetero) is 2. The van der Waals surface area contributed by atoms with Crippen LogP contribution in [0.1, 0.15) is 20.7 Å². The third kappa shape index (κ3) is 3.36. The van der Waals surface area contributed by atoms with E-state index in [9.17, 15) is 9.59 Å². The summed E-state index contributed by atoms with van der Waals surface area (Å²) in [5, 5.41) is 3.26. The predicted molar refractivity (Wildman–Crippen MR) is 104 cm³/mol. The average Bonchev–Trinajstić information content (AvgIpc) is 2.68. The van der Waals surface area contributed by atoms with E-state index in [1.807, 2.05) is 24.3 Å². The quantitative estimate of drug-likeness (QED) is 0.689. The van der Waals surface area contributed by atoms with Gasteiger partial charge < -0.3 is 0 Å². The molecule has 1 atom stereocenters. The summed E-state index contributed by atoms with van der Waals surface area (Å²) in [4.78, 5) is 26.4. The van der Waals surface area contributed by atoms with Gasteiger partial charge in [-0.15, -0.1) is 0 Å². The van der Waals surface area contributed by atoms with Gasteiger partial charge in [-0.1, -0.05) is 0 Å². The first-order valence-electron chi connectivity index (χ1n) is 8.33. The van der Waals surface area contributed by atoms with Crippen LogP contribution in [0.25, 0.3) is 0 Å². The van der Waals surface area contributed by atoms with Gasteiger partial charge in [0.1, 0.15) is 0 Å². The maximum absolute atomic E-state index is 13.2. The zero-order chi connectivity index (χ0) is 18.1. The second-order valence-electron chi connectivity index (χ2n) is 6.07. The summed E-state index contributed by atoms with van der Waals surface area (Å²) in [6.45, 7) is 1.85. The minimum absolute atomic E-state index is 0.0488. The Labute approximate surface area is 166 Å². The van der Waals surface area contributed by atoms with Crippen LogP contribution in [0.15, 0.2) is 63.0 Å². The predicted octanol–water partition coefficient (Wildman–Crippen LogP) is 2.10. The average molecular weight is 477 g/mol. The molecule has 2 aromatic carbocycles. The van der Waals surface area contributed by atoms with E-state index in [0.717, 1.165) is 15.5 Å². The number of benzene rings is 2. The van der Waals surface area contributed by atoms with Gasteiger partial charge in [-0.3, -0.25) is 0 Å². The number of ether oxygens (including phenoxy) is 1. The van der Waals surface area contributed by atoms with Crippen LogP contribution >= 0.6 is 15.9 Å². The molecule has 0 amide bonds. The van der Waals surface area contributed by atoms with E-state index in [-0.39, 0.29) is 32.6 Å². The van der Waals surface area contributed by atoms with Crippen molar-refractivity contribution in [3.8, 4) is 0 Å². The molecule has 1 heterocycles. The van der Waals surface area contributed by atoms with Crippen molar-refractivity contribution in [3.05, 3.63) is 74.2 Å². The fourth-order valence-corrected chi connectivity index (χ4v) is 5.59. The molecule has 1 unspecified atom stereocenters. The van der Waals surface area contributed by atoms with Crippen LogP contribution in [0, 0.1) is 0 Å². The number of nitrogens with one attached hydrogen (secondary N) is 1. The Morgan fingerprint density at radius 1 is 1.00 bits per heavy atom. The molecule has 1 aliphatic heterocycles. The Balaban J connectivity index is 1.81. The summed E-state index contributed by atoms with van der Waals surface area (Å²) < 4.78 is 8.50. The number of fused-ring (bicyclic) bond motifs is 1. The second kappa shape index (κ2) is 7.59. The minimum atomic E-state index is -0.374. The molecular formula is C20H16BrNO3Se. The number of halogens is 1. The van der Waals surface area contributed by atoms with E-state index < -0.39 is 0 Å². The Kier molecular flexibility index (Phi) is 5.20. The fourth-order valence-electron chi connectivity index (χ4n) is 3.14. The Morgan fingerprint density at radius 3 is 2.35 bits per heavy atom. The number of carbonyl (C=O) groups excluding carboxylic acids is 2. The van der Waals surface area contributed by atoms with Crippen molar-refractivity contribution in [3.63, 3.8) is 0 Å². The van der Waals surface area contributed by atoms with Gasteiger partial charge in [0.2, 0.25) is 0 Å². The van der Waals surface area contributed by atoms with E-state index in [2.05, 4.69) is 21.2 Å². The van der Waals surface area contributed by atoms with Gasteiger partial charge in [-0.25, -0.2) is 0 Å². The Hall–Kier alpha value is -1.56. The maximum atomic E-state index is 13.2. The number of morpholine rings is 1. The normalized spacial score (nSPS) is 20.3. The number of ketones is 2. The van der Waals surface area contributed by atoms with Crippen LogP contribution in [0.3, 0.4) is 0 Å². The molecule has 2 aliphatic rings.